The van der Waals surface area contributed by atoms with E-state index in [0.717, 1.165) is 16.6 Å². The highest BCUT2D eigenvalue weighted by molar-refractivity contribution is 8.17. The van der Waals surface area contributed by atoms with Crippen LogP contribution in [0.1, 0.15) is 27.7 Å². The van der Waals surface area contributed by atoms with Crippen molar-refractivity contribution in [2.24, 2.45) is 4.99 Å². The zero-order valence-electron chi connectivity index (χ0n) is 12.8. The third-order valence-electron chi connectivity index (χ3n) is 3.01. The van der Waals surface area contributed by atoms with E-state index in [1.54, 1.807) is 11.8 Å². The van der Waals surface area contributed by atoms with Crippen molar-refractivity contribution in [3.63, 3.8) is 0 Å². The Labute approximate surface area is 125 Å². The van der Waals surface area contributed by atoms with Crippen molar-refractivity contribution >= 4 is 22.6 Å². The van der Waals surface area contributed by atoms with Crippen molar-refractivity contribution < 1.29 is 4.74 Å². The Bertz CT molecular complexity index is 532. The van der Waals surface area contributed by atoms with Gasteiger partial charge in [-0.25, -0.2) is 0 Å². The van der Waals surface area contributed by atoms with E-state index in [4.69, 9.17) is 9.73 Å². The fourth-order valence-electron chi connectivity index (χ4n) is 2.16. The number of rotatable bonds is 3. The SMILES string of the molecule is CCOc1ccc(N(C)C2=NC(C)(C)C=C(C)S2)cc1. The minimum absolute atomic E-state index is 0.135. The van der Waals surface area contributed by atoms with Crippen LogP contribution < -0.4 is 9.64 Å². The van der Waals surface area contributed by atoms with Gasteiger partial charge in [-0.2, -0.15) is 0 Å². The van der Waals surface area contributed by atoms with Crippen molar-refractivity contribution in [2.45, 2.75) is 33.2 Å². The smallest absolute Gasteiger partial charge is 0.168 e. The van der Waals surface area contributed by atoms with Gasteiger partial charge >= 0.3 is 0 Å². The Morgan fingerprint density at radius 2 is 1.90 bits per heavy atom. The molecule has 1 aliphatic rings. The van der Waals surface area contributed by atoms with Crippen LogP contribution in [0.3, 0.4) is 0 Å². The molecule has 0 spiro atoms. The molecule has 0 fully saturated rings. The van der Waals surface area contributed by atoms with Crippen LogP contribution in [0, 0.1) is 0 Å². The average molecular weight is 290 g/mol. The van der Waals surface area contributed by atoms with Gasteiger partial charge in [0, 0.05) is 12.7 Å². The Hall–Kier alpha value is -1.42. The molecule has 0 aromatic heterocycles. The number of allylic oxidation sites excluding steroid dienone is 1. The Morgan fingerprint density at radius 1 is 1.25 bits per heavy atom. The van der Waals surface area contributed by atoms with E-state index in [-0.39, 0.29) is 5.54 Å². The first-order valence-electron chi connectivity index (χ1n) is 6.85. The van der Waals surface area contributed by atoms with Gasteiger partial charge in [0.1, 0.15) is 5.75 Å². The summed E-state index contributed by atoms with van der Waals surface area (Å²) in [4.78, 5) is 8.21. The van der Waals surface area contributed by atoms with Crippen LogP contribution in [0.15, 0.2) is 40.2 Å². The van der Waals surface area contributed by atoms with Crippen molar-refractivity contribution in [3.8, 4) is 5.75 Å². The standard InChI is InChI=1S/C16H22N2OS/c1-6-19-14-9-7-13(8-10-14)18(5)15-17-16(3,4)11-12(2)20-15/h7-11H,6H2,1-5H3. The Kier molecular flexibility index (Phi) is 4.43. The lowest BCUT2D eigenvalue weighted by molar-refractivity contribution is 0.340. The van der Waals surface area contributed by atoms with Gasteiger partial charge in [0.05, 0.1) is 12.1 Å². The molecular weight excluding hydrogens is 268 g/mol. The number of amidine groups is 1. The second-order valence-electron chi connectivity index (χ2n) is 5.39. The normalized spacial score (nSPS) is 17.2. The monoisotopic (exact) mass is 290 g/mol. The molecule has 1 aromatic rings. The number of ether oxygens (including phenoxy) is 1. The predicted octanol–water partition coefficient (Wildman–Crippen LogP) is 4.31. The van der Waals surface area contributed by atoms with Gasteiger partial charge < -0.3 is 9.64 Å². The number of hydrogen-bond acceptors (Lipinski definition) is 4. The van der Waals surface area contributed by atoms with Gasteiger partial charge in [-0.05, 0) is 62.9 Å². The third-order valence-corrected chi connectivity index (χ3v) is 4.00. The van der Waals surface area contributed by atoms with E-state index in [2.05, 4.69) is 50.9 Å². The lowest BCUT2D eigenvalue weighted by atomic mass is 10.1. The highest BCUT2D eigenvalue weighted by Crippen LogP contribution is 2.32. The molecule has 0 aliphatic carbocycles. The van der Waals surface area contributed by atoms with Gasteiger partial charge in [-0.1, -0.05) is 11.8 Å². The maximum Gasteiger partial charge on any atom is 0.168 e. The molecule has 1 aromatic carbocycles. The van der Waals surface area contributed by atoms with Crippen molar-refractivity contribution in [1.82, 2.24) is 0 Å². The molecular formula is C16H22N2OS. The molecule has 4 heteroatoms. The fourth-order valence-corrected chi connectivity index (χ4v) is 3.32. The molecule has 20 heavy (non-hydrogen) atoms. The van der Waals surface area contributed by atoms with E-state index in [0.29, 0.717) is 6.61 Å². The summed E-state index contributed by atoms with van der Waals surface area (Å²) in [7, 11) is 2.05. The lowest BCUT2D eigenvalue weighted by Gasteiger charge is -2.29. The summed E-state index contributed by atoms with van der Waals surface area (Å²) in [6.45, 7) is 9.07. The minimum atomic E-state index is -0.135. The topological polar surface area (TPSA) is 24.8 Å². The van der Waals surface area contributed by atoms with Gasteiger partial charge in [0.25, 0.3) is 0 Å². The van der Waals surface area contributed by atoms with Crippen LogP contribution >= 0.6 is 11.8 Å². The Morgan fingerprint density at radius 3 is 2.45 bits per heavy atom. The molecule has 0 N–H and O–H groups in total. The molecule has 0 atom stereocenters. The number of thioether (sulfide) groups is 1. The van der Waals surface area contributed by atoms with Crippen LogP contribution in [0.25, 0.3) is 0 Å². The van der Waals surface area contributed by atoms with E-state index in [1.807, 2.05) is 19.1 Å². The lowest BCUT2D eigenvalue weighted by Crippen LogP contribution is -2.30. The molecule has 0 saturated carbocycles. The zero-order chi connectivity index (χ0) is 14.8. The number of nitrogens with zero attached hydrogens (tertiary/aromatic N) is 2. The summed E-state index contributed by atoms with van der Waals surface area (Å²) in [5.41, 5.74) is 0.981. The van der Waals surface area contributed by atoms with Gasteiger partial charge in [-0.3, -0.25) is 4.99 Å². The Balaban J connectivity index is 2.19. The molecule has 2 rings (SSSR count). The summed E-state index contributed by atoms with van der Waals surface area (Å²) in [6.07, 6.45) is 2.20. The highest BCUT2D eigenvalue weighted by atomic mass is 32.2. The van der Waals surface area contributed by atoms with E-state index in [9.17, 15) is 0 Å². The van der Waals surface area contributed by atoms with Crippen molar-refractivity contribution in [2.75, 3.05) is 18.6 Å². The summed E-state index contributed by atoms with van der Waals surface area (Å²) in [5, 5.41) is 1.03. The van der Waals surface area contributed by atoms with Crippen LogP contribution in [0.5, 0.6) is 5.75 Å². The summed E-state index contributed by atoms with van der Waals surface area (Å²) >= 11 is 1.71. The molecule has 108 valence electrons. The van der Waals surface area contributed by atoms with Crippen molar-refractivity contribution in [1.29, 1.82) is 0 Å². The quantitative estimate of drug-likeness (QED) is 0.829. The van der Waals surface area contributed by atoms with Gasteiger partial charge in [-0.15, -0.1) is 0 Å². The fraction of sp³-hybridized carbons (Fsp3) is 0.438. The molecule has 0 bridgehead atoms. The predicted molar refractivity (Wildman–Crippen MR) is 88.9 cm³/mol. The average Bonchev–Trinajstić information content (AvgIpc) is 2.37. The largest absolute Gasteiger partial charge is 0.494 e. The second kappa shape index (κ2) is 5.92. The first kappa shape index (κ1) is 15.0. The molecule has 0 saturated heterocycles. The van der Waals surface area contributed by atoms with E-state index in [1.165, 1.54) is 4.91 Å². The highest BCUT2D eigenvalue weighted by Gasteiger charge is 2.23. The number of hydrogen-bond donors (Lipinski definition) is 0. The minimum Gasteiger partial charge on any atom is -0.494 e. The van der Waals surface area contributed by atoms with Gasteiger partial charge in [0.15, 0.2) is 5.17 Å². The first-order valence-corrected chi connectivity index (χ1v) is 7.67. The molecule has 3 nitrogen and oxygen atoms in total. The molecule has 1 aliphatic heterocycles. The zero-order valence-corrected chi connectivity index (χ0v) is 13.6. The number of anilines is 1. The van der Waals surface area contributed by atoms with E-state index < -0.39 is 0 Å². The number of aliphatic imine (C=N–C) groups is 1. The van der Waals surface area contributed by atoms with Crippen LogP contribution in [0.4, 0.5) is 5.69 Å². The summed E-state index contributed by atoms with van der Waals surface area (Å²) in [5.74, 6) is 0.902. The number of benzene rings is 1. The van der Waals surface area contributed by atoms with Crippen LogP contribution in [-0.4, -0.2) is 24.4 Å². The van der Waals surface area contributed by atoms with Gasteiger partial charge in [0.2, 0.25) is 0 Å². The van der Waals surface area contributed by atoms with Crippen LogP contribution in [0.2, 0.25) is 0 Å². The third kappa shape index (κ3) is 3.57. The van der Waals surface area contributed by atoms with Crippen LogP contribution in [-0.2, 0) is 0 Å². The molecule has 0 unspecified atom stereocenters. The maximum absolute atomic E-state index is 5.47. The van der Waals surface area contributed by atoms with E-state index >= 15 is 0 Å². The molecule has 0 amide bonds. The summed E-state index contributed by atoms with van der Waals surface area (Å²) in [6, 6.07) is 8.12. The second-order valence-corrected chi connectivity index (χ2v) is 6.60. The first-order chi connectivity index (χ1) is 9.41. The maximum atomic E-state index is 5.47. The summed E-state index contributed by atoms with van der Waals surface area (Å²) < 4.78 is 5.47. The molecule has 1 heterocycles. The van der Waals surface area contributed by atoms with Crippen molar-refractivity contribution in [3.05, 3.63) is 35.2 Å². The molecule has 0 radical (unpaired) electrons.